The molecule has 7 heteroatoms. The summed E-state index contributed by atoms with van der Waals surface area (Å²) >= 11 is 1.79. The molecule has 1 aromatic carbocycles. The van der Waals surface area contributed by atoms with Crippen LogP contribution in [0.1, 0.15) is 42.7 Å². The van der Waals surface area contributed by atoms with E-state index in [-0.39, 0.29) is 17.2 Å². The minimum atomic E-state index is -0.177. The third-order valence-electron chi connectivity index (χ3n) is 5.88. The smallest absolute Gasteiger partial charge is 0.221 e. The molecule has 1 saturated heterocycles. The summed E-state index contributed by atoms with van der Waals surface area (Å²) in [5.74, 6) is 0.602. The first-order valence-corrected chi connectivity index (χ1v) is 11.8. The van der Waals surface area contributed by atoms with E-state index in [0.717, 1.165) is 45.0 Å². The quantitative estimate of drug-likeness (QED) is 0.434. The highest BCUT2D eigenvalue weighted by Gasteiger charge is 2.24. The zero-order valence-electron chi connectivity index (χ0n) is 18.9. The number of benzene rings is 1. The Bertz CT molecular complexity index is 878. The van der Waals surface area contributed by atoms with E-state index in [1.807, 2.05) is 0 Å². The van der Waals surface area contributed by atoms with Crippen LogP contribution in [0, 0.1) is 5.92 Å². The SMILES string of the molecule is CN=C(NCc1cccc(CN2CCCC(C(N)=O)C2)c1)NCC(C)(C)c1cccs1. The van der Waals surface area contributed by atoms with Crippen molar-refractivity contribution in [1.29, 1.82) is 0 Å². The summed E-state index contributed by atoms with van der Waals surface area (Å²) in [6.07, 6.45) is 1.93. The highest BCUT2D eigenvalue weighted by Crippen LogP contribution is 2.26. The van der Waals surface area contributed by atoms with Gasteiger partial charge in [-0.15, -0.1) is 11.3 Å². The molecule has 1 aromatic heterocycles. The monoisotopic (exact) mass is 441 g/mol. The van der Waals surface area contributed by atoms with Crippen molar-refractivity contribution in [2.75, 3.05) is 26.7 Å². The number of piperidine rings is 1. The van der Waals surface area contributed by atoms with E-state index in [0.29, 0.717) is 6.54 Å². The fraction of sp³-hybridized carbons (Fsp3) is 0.500. The minimum absolute atomic E-state index is 0.0218. The molecule has 0 spiro atoms. The van der Waals surface area contributed by atoms with Gasteiger partial charge in [0.25, 0.3) is 0 Å². The van der Waals surface area contributed by atoms with Gasteiger partial charge in [-0.2, -0.15) is 0 Å². The van der Waals surface area contributed by atoms with Gasteiger partial charge in [0.15, 0.2) is 5.96 Å². The lowest BCUT2D eigenvalue weighted by atomic mass is 9.91. The predicted molar refractivity (Wildman–Crippen MR) is 129 cm³/mol. The summed E-state index contributed by atoms with van der Waals surface area (Å²) in [5.41, 5.74) is 8.03. The van der Waals surface area contributed by atoms with Gasteiger partial charge in [-0.25, -0.2) is 0 Å². The number of amides is 1. The van der Waals surface area contributed by atoms with Crippen LogP contribution in [0.25, 0.3) is 0 Å². The van der Waals surface area contributed by atoms with Crippen molar-refractivity contribution in [3.8, 4) is 0 Å². The van der Waals surface area contributed by atoms with Gasteiger partial charge >= 0.3 is 0 Å². The Hall–Kier alpha value is -2.38. The molecule has 0 radical (unpaired) electrons. The molecule has 0 bridgehead atoms. The average molecular weight is 442 g/mol. The Kier molecular flexibility index (Phi) is 8.09. The van der Waals surface area contributed by atoms with Crippen molar-refractivity contribution in [2.24, 2.45) is 16.6 Å². The largest absolute Gasteiger partial charge is 0.369 e. The second-order valence-electron chi connectivity index (χ2n) is 8.94. The van der Waals surface area contributed by atoms with Gasteiger partial charge in [0.05, 0.1) is 5.92 Å². The number of likely N-dealkylation sites (tertiary alicyclic amines) is 1. The zero-order chi connectivity index (χ0) is 22.3. The number of hydrogen-bond acceptors (Lipinski definition) is 4. The average Bonchev–Trinajstić information content (AvgIpc) is 3.30. The predicted octanol–water partition coefficient (Wildman–Crippen LogP) is 3.09. The number of thiophene rings is 1. The summed E-state index contributed by atoms with van der Waals surface area (Å²) in [6, 6.07) is 12.9. The van der Waals surface area contributed by atoms with Crippen LogP contribution in [-0.4, -0.2) is 43.4 Å². The van der Waals surface area contributed by atoms with Crippen LogP contribution in [0.15, 0.2) is 46.8 Å². The molecule has 1 atom stereocenters. The molecular formula is C24H35N5OS. The van der Waals surface area contributed by atoms with Crippen molar-refractivity contribution in [2.45, 2.75) is 45.2 Å². The fourth-order valence-electron chi connectivity index (χ4n) is 3.99. The van der Waals surface area contributed by atoms with E-state index in [2.05, 4.69) is 76.2 Å². The lowest BCUT2D eigenvalue weighted by Gasteiger charge is -2.31. The molecule has 0 aliphatic carbocycles. The molecule has 6 nitrogen and oxygen atoms in total. The van der Waals surface area contributed by atoms with E-state index in [1.54, 1.807) is 18.4 Å². The zero-order valence-corrected chi connectivity index (χ0v) is 19.7. The topological polar surface area (TPSA) is 82.8 Å². The molecule has 1 amide bonds. The number of nitrogens with two attached hydrogens (primary N) is 1. The van der Waals surface area contributed by atoms with Gasteiger partial charge in [-0.3, -0.25) is 14.7 Å². The highest BCUT2D eigenvalue weighted by atomic mass is 32.1. The molecule has 1 aliphatic rings. The Morgan fingerprint density at radius 3 is 2.77 bits per heavy atom. The van der Waals surface area contributed by atoms with Gasteiger partial charge < -0.3 is 16.4 Å². The summed E-state index contributed by atoms with van der Waals surface area (Å²) < 4.78 is 0. The summed E-state index contributed by atoms with van der Waals surface area (Å²) in [7, 11) is 1.80. The molecule has 4 N–H and O–H groups in total. The number of carbonyl (C=O) groups is 1. The van der Waals surface area contributed by atoms with Crippen LogP contribution < -0.4 is 16.4 Å². The molecule has 168 valence electrons. The van der Waals surface area contributed by atoms with E-state index in [9.17, 15) is 4.79 Å². The molecule has 31 heavy (non-hydrogen) atoms. The van der Waals surface area contributed by atoms with Crippen molar-refractivity contribution in [3.63, 3.8) is 0 Å². The lowest BCUT2D eigenvalue weighted by Crippen LogP contribution is -2.43. The summed E-state index contributed by atoms with van der Waals surface area (Å²) in [5, 5.41) is 9.00. The van der Waals surface area contributed by atoms with E-state index < -0.39 is 0 Å². The highest BCUT2D eigenvalue weighted by molar-refractivity contribution is 7.10. The van der Waals surface area contributed by atoms with Crippen LogP contribution in [-0.2, 0) is 23.3 Å². The van der Waals surface area contributed by atoms with E-state index in [1.165, 1.54) is 16.0 Å². The third-order valence-corrected chi connectivity index (χ3v) is 7.11. The first-order valence-electron chi connectivity index (χ1n) is 11.0. The van der Waals surface area contributed by atoms with Gasteiger partial charge in [0, 0.05) is 43.5 Å². The molecule has 3 rings (SSSR count). The van der Waals surface area contributed by atoms with Crippen LogP contribution >= 0.6 is 11.3 Å². The van der Waals surface area contributed by atoms with Crippen LogP contribution in [0.3, 0.4) is 0 Å². The Morgan fingerprint density at radius 1 is 1.26 bits per heavy atom. The maximum absolute atomic E-state index is 11.5. The van der Waals surface area contributed by atoms with Crippen molar-refractivity contribution < 1.29 is 4.79 Å². The Morgan fingerprint density at radius 2 is 2.06 bits per heavy atom. The number of guanidine groups is 1. The first kappa shape index (κ1) is 23.3. The van der Waals surface area contributed by atoms with Crippen molar-refractivity contribution >= 4 is 23.2 Å². The number of primary amides is 1. The number of nitrogens with one attached hydrogen (secondary N) is 2. The number of rotatable bonds is 8. The van der Waals surface area contributed by atoms with Gasteiger partial charge in [-0.05, 0) is 42.0 Å². The molecule has 1 aliphatic heterocycles. The molecular weight excluding hydrogens is 406 g/mol. The lowest BCUT2D eigenvalue weighted by molar-refractivity contribution is -0.123. The number of nitrogens with zero attached hydrogens (tertiary/aromatic N) is 2. The van der Waals surface area contributed by atoms with Gasteiger partial charge in [0.1, 0.15) is 0 Å². The molecule has 2 heterocycles. The Labute approximate surface area is 189 Å². The second-order valence-corrected chi connectivity index (χ2v) is 9.88. The van der Waals surface area contributed by atoms with Crippen molar-refractivity contribution in [3.05, 3.63) is 57.8 Å². The summed E-state index contributed by atoms with van der Waals surface area (Å²) in [4.78, 5) is 19.6. The maximum atomic E-state index is 11.5. The third kappa shape index (κ3) is 6.80. The first-order chi connectivity index (χ1) is 14.9. The fourth-order valence-corrected chi connectivity index (χ4v) is 4.84. The number of hydrogen-bond donors (Lipinski definition) is 3. The van der Waals surface area contributed by atoms with Gasteiger partial charge in [-0.1, -0.05) is 44.2 Å². The molecule has 2 aromatic rings. The molecule has 1 unspecified atom stereocenters. The molecule has 0 saturated carbocycles. The number of carbonyl (C=O) groups excluding carboxylic acids is 1. The minimum Gasteiger partial charge on any atom is -0.369 e. The van der Waals surface area contributed by atoms with Crippen LogP contribution in [0.2, 0.25) is 0 Å². The molecule has 1 fully saturated rings. The summed E-state index contributed by atoms with van der Waals surface area (Å²) in [6.45, 7) is 8.62. The van der Waals surface area contributed by atoms with Crippen LogP contribution in [0.4, 0.5) is 0 Å². The second kappa shape index (κ2) is 10.8. The maximum Gasteiger partial charge on any atom is 0.221 e. The van der Waals surface area contributed by atoms with E-state index >= 15 is 0 Å². The van der Waals surface area contributed by atoms with Gasteiger partial charge in [0.2, 0.25) is 5.91 Å². The van der Waals surface area contributed by atoms with Crippen LogP contribution in [0.5, 0.6) is 0 Å². The Balaban J connectivity index is 1.51. The normalized spacial score (nSPS) is 18.0. The van der Waals surface area contributed by atoms with Crippen molar-refractivity contribution in [1.82, 2.24) is 15.5 Å². The number of aliphatic imine (C=N–C) groups is 1. The standard InChI is InChI=1S/C24H35N5OS/c1-24(2,21-10-6-12-31-21)17-28-23(26-3)27-14-18-7-4-8-19(13-18)15-29-11-5-9-20(16-29)22(25)30/h4,6-8,10,12-13,20H,5,9,11,14-17H2,1-3H3,(H2,25,30)(H2,26,27,28). The van der Waals surface area contributed by atoms with E-state index in [4.69, 9.17) is 5.73 Å².